The lowest BCUT2D eigenvalue weighted by Crippen LogP contribution is -2.11. The number of nitrogen functional groups attached to an aromatic ring is 1. The monoisotopic (exact) mass is 312 g/mol. The van der Waals surface area contributed by atoms with Crippen molar-refractivity contribution in [2.75, 3.05) is 5.73 Å². The van der Waals surface area contributed by atoms with E-state index in [1.807, 2.05) is 0 Å². The van der Waals surface area contributed by atoms with E-state index in [0.29, 0.717) is 11.6 Å². The molecule has 0 fully saturated rings. The van der Waals surface area contributed by atoms with Crippen molar-refractivity contribution >= 4 is 11.4 Å². The van der Waals surface area contributed by atoms with Crippen molar-refractivity contribution in [3.63, 3.8) is 0 Å². The number of anilines is 1. The average molecular weight is 312 g/mol. The maximum atomic E-state index is 13.0. The summed E-state index contributed by atoms with van der Waals surface area (Å²) in [5, 5.41) is 10.7. The van der Waals surface area contributed by atoms with E-state index in [-0.39, 0.29) is 12.3 Å². The van der Waals surface area contributed by atoms with Crippen LogP contribution in [0.1, 0.15) is 11.1 Å². The van der Waals surface area contributed by atoms with Crippen molar-refractivity contribution in [1.29, 1.82) is 0 Å². The highest BCUT2D eigenvalue weighted by atomic mass is 19.4. The van der Waals surface area contributed by atoms with Crippen LogP contribution in [0.15, 0.2) is 42.5 Å². The lowest BCUT2D eigenvalue weighted by atomic mass is 10.1. The van der Waals surface area contributed by atoms with Gasteiger partial charge in [0.25, 0.3) is 5.69 Å². The molecule has 0 spiro atoms. The van der Waals surface area contributed by atoms with Gasteiger partial charge < -0.3 is 10.5 Å². The minimum Gasteiger partial charge on any atom is -0.488 e. The Labute approximate surface area is 123 Å². The number of nitrogens with two attached hydrogens (primary N) is 1. The zero-order chi connectivity index (χ0) is 16.3. The topological polar surface area (TPSA) is 78.4 Å². The van der Waals surface area contributed by atoms with Crippen LogP contribution >= 0.6 is 0 Å². The SMILES string of the molecule is Nc1cc(OCc2ccccc2)c(C(F)(F)F)cc1[N+](=O)[O-]. The largest absolute Gasteiger partial charge is 0.488 e. The Bertz CT molecular complexity index is 688. The Morgan fingerprint density at radius 1 is 1.18 bits per heavy atom. The molecule has 2 rings (SSSR count). The van der Waals surface area contributed by atoms with Gasteiger partial charge in [-0.3, -0.25) is 10.1 Å². The van der Waals surface area contributed by atoms with Crippen LogP contribution < -0.4 is 10.5 Å². The summed E-state index contributed by atoms with van der Waals surface area (Å²) in [6.07, 6.45) is -4.79. The van der Waals surface area contributed by atoms with Crippen molar-refractivity contribution in [3.05, 3.63) is 63.7 Å². The first-order valence-electron chi connectivity index (χ1n) is 6.11. The van der Waals surface area contributed by atoms with Gasteiger partial charge in [0, 0.05) is 12.1 Å². The van der Waals surface area contributed by atoms with Crippen LogP contribution in [-0.4, -0.2) is 4.92 Å². The zero-order valence-electron chi connectivity index (χ0n) is 11.1. The maximum absolute atomic E-state index is 13.0. The Morgan fingerprint density at radius 2 is 1.82 bits per heavy atom. The first kappa shape index (κ1) is 15.6. The van der Waals surface area contributed by atoms with Crippen molar-refractivity contribution in [3.8, 4) is 5.75 Å². The summed E-state index contributed by atoms with van der Waals surface area (Å²) in [6, 6.07) is 9.76. The summed E-state index contributed by atoms with van der Waals surface area (Å²) in [5.74, 6) is -0.542. The number of ether oxygens (including phenoxy) is 1. The molecular formula is C14H11F3N2O3. The van der Waals surface area contributed by atoms with E-state index in [2.05, 4.69) is 0 Å². The van der Waals surface area contributed by atoms with E-state index in [1.165, 1.54) is 0 Å². The molecular weight excluding hydrogens is 301 g/mol. The Kier molecular flexibility index (Phi) is 4.20. The van der Waals surface area contributed by atoms with Crippen molar-refractivity contribution in [1.82, 2.24) is 0 Å². The van der Waals surface area contributed by atoms with Gasteiger partial charge in [0.2, 0.25) is 0 Å². The van der Waals surface area contributed by atoms with E-state index >= 15 is 0 Å². The number of nitro benzene ring substituents is 1. The predicted octanol–water partition coefficient (Wildman–Crippen LogP) is 3.77. The number of nitro groups is 1. The maximum Gasteiger partial charge on any atom is 0.420 e. The van der Waals surface area contributed by atoms with Gasteiger partial charge in [-0.15, -0.1) is 0 Å². The molecule has 2 N–H and O–H groups in total. The molecule has 0 unspecified atom stereocenters. The molecule has 0 aliphatic carbocycles. The number of rotatable bonds is 4. The molecule has 2 aromatic rings. The van der Waals surface area contributed by atoms with E-state index in [0.717, 1.165) is 6.07 Å². The number of halogens is 3. The molecule has 0 heterocycles. The van der Waals surface area contributed by atoms with E-state index in [9.17, 15) is 23.3 Å². The molecule has 0 aliphatic rings. The Morgan fingerprint density at radius 3 is 2.36 bits per heavy atom. The second kappa shape index (κ2) is 5.92. The first-order chi connectivity index (χ1) is 10.3. The first-order valence-corrected chi connectivity index (χ1v) is 6.11. The number of hydrogen-bond acceptors (Lipinski definition) is 4. The summed E-state index contributed by atoms with van der Waals surface area (Å²) in [6.45, 7) is -0.110. The number of nitrogens with zero attached hydrogens (tertiary/aromatic N) is 1. The molecule has 5 nitrogen and oxygen atoms in total. The highest BCUT2D eigenvalue weighted by Crippen LogP contribution is 2.41. The van der Waals surface area contributed by atoms with Crippen LogP contribution in [0.4, 0.5) is 24.5 Å². The summed E-state index contributed by atoms with van der Waals surface area (Å²) in [7, 11) is 0. The van der Waals surface area contributed by atoms with Crippen LogP contribution in [-0.2, 0) is 12.8 Å². The molecule has 116 valence electrons. The third-order valence-electron chi connectivity index (χ3n) is 2.87. The highest BCUT2D eigenvalue weighted by Gasteiger charge is 2.37. The van der Waals surface area contributed by atoms with Gasteiger partial charge in [-0.1, -0.05) is 30.3 Å². The molecule has 0 atom stereocenters. The van der Waals surface area contributed by atoms with Gasteiger partial charge >= 0.3 is 6.18 Å². The fourth-order valence-corrected chi connectivity index (χ4v) is 1.82. The fourth-order valence-electron chi connectivity index (χ4n) is 1.82. The van der Waals surface area contributed by atoms with Crippen LogP contribution in [0, 0.1) is 10.1 Å². The summed E-state index contributed by atoms with van der Waals surface area (Å²) in [4.78, 5) is 9.74. The van der Waals surface area contributed by atoms with Gasteiger partial charge in [-0.2, -0.15) is 13.2 Å². The summed E-state index contributed by atoms with van der Waals surface area (Å²) < 4.78 is 44.2. The molecule has 0 saturated heterocycles. The molecule has 8 heteroatoms. The van der Waals surface area contributed by atoms with Crippen molar-refractivity contribution in [2.45, 2.75) is 12.8 Å². The summed E-state index contributed by atoms with van der Waals surface area (Å²) in [5.41, 5.74) is 3.65. The van der Waals surface area contributed by atoms with Gasteiger partial charge in [-0.25, -0.2) is 0 Å². The van der Waals surface area contributed by atoms with E-state index in [1.54, 1.807) is 30.3 Å². The van der Waals surface area contributed by atoms with Gasteiger partial charge in [-0.05, 0) is 5.56 Å². The van der Waals surface area contributed by atoms with E-state index < -0.39 is 28.1 Å². The smallest absolute Gasteiger partial charge is 0.420 e. The van der Waals surface area contributed by atoms with Gasteiger partial charge in [0.15, 0.2) is 0 Å². The second-order valence-electron chi connectivity index (χ2n) is 4.44. The van der Waals surface area contributed by atoms with Crippen LogP contribution in [0.2, 0.25) is 0 Å². The van der Waals surface area contributed by atoms with Gasteiger partial charge in [0.05, 0.1) is 4.92 Å². The quantitative estimate of drug-likeness (QED) is 0.529. The molecule has 0 saturated carbocycles. The van der Waals surface area contributed by atoms with Crippen molar-refractivity contribution < 1.29 is 22.8 Å². The normalized spacial score (nSPS) is 11.2. The number of benzene rings is 2. The van der Waals surface area contributed by atoms with E-state index in [4.69, 9.17) is 10.5 Å². The summed E-state index contributed by atoms with van der Waals surface area (Å²) >= 11 is 0. The Balaban J connectivity index is 2.37. The minimum atomic E-state index is -4.79. The molecule has 0 aromatic heterocycles. The van der Waals surface area contributed by atoms with Crippen LogP contribution in [0.25, 0.3) is 0 Å². The van der Waals surface area contributed by atoms with Crippen LogP contribution in [0.3, 0.4) is 0 Å². The molecule has 0 radical (unpaired) electrons. The lowest BCUT2D eigenvalue weighted by Gasteiger charge is -2.14. The number of alkyl halides is 3. The molecule has 0 aliphatic heterocycles. The molecule has 22 heavy (non-hydrogen) atoms. The second-order valence-corrected chi connectivity index (χ2v) is 4.44. The highest BCUT2D eigenvalue weighted by molar-refractivity contribution is 5.64. The number of hydrogen-bond donors (Lipinski definition) is 1. The minimum absolute atomic E-state index is 0.110. The van der Waals surface area contributed by atoms with Gasteiger partial charge in [0.1, 0.15) is 23.6 Å². The Hall–Kier alpha value is -2.77. The molecule has 0 bridgehead atoms. The predicted molar refractivity (Wildman–Crippen MR) is 73.3 cm³/mol. The molecule has 0 amide bonds. The average Bonchev–Trinajstić information content (AvgIpc) is 2.44. The zero-order valence-corrected chi connectivity index (χ0v) is 11.1. The standard InChI is InChI=1S/C14H11F3N2O3/c15-14(16,17)10-6-12(19(20)21)11(18)7-13(10)22-8-9-4-2-1-3-5-9/h1-7H,8,18H2. The third kappa shape index (κ3) is 3.46. The third-order valence-corrected chi connectivity index (χ3v) is 2.87. The van der Waals surface area contributed by atoms with Crippen LogP contribution in [0.5, 0.6) is 5.75 Å². The molecule has 2 aromatic carbocycles. The lowest BCUT2D eigenvalue weighted by molar-refractivity contribution is -0.384. The fraction of sp³-hybridized carbons (Fsp3) is 0.143. The van der Waals surface area contributed by atoms with Crippen molar-refractivity contribution in [2.24, 2.45) is 0 Å².